The lowest BCUT2D eigenvalue weighted by atomic mass is 9.57. The van der Waals surface area contributed by atoms with E-state index in [0.29, 0.717) is 5.69 Å². The monoisotopic (exact) mass is 536 g/mol. The number of aromatic hydroxyl groups is 1. The Labute approximate surface area is 220 Å². The van der Waals surface area contributed by atoms with Crippen LogP contribution in [0.25, 0.3) is 17.0 Å². The van der Waals surface area contributed by atoms with Crippen LogP contribution in [0.1, 0.15) is 17.5 Å². The van der Waals surface area contributed by atoms with Crippen molar-refractivity contribution >= 4 is 28.9 Å². The van der Waals surface area contributed by atoms with Crippen LogP contribution in [-0.2, 0) is 20.8 Å². The highest BCUT2D eigenvalue weighted by Gasteiger charge is 2.64. The summed E-state index contributed by atoms with van der Waals surface area (Å²) in [7, 11) is 3.01. The molecule has 1 aromatic carbocycles. The molecule has 13 nitrogen and oxygen atoms in total. The summed E-state index contributed by atoms with van der Waals surface area (Å²) >= 11 is 0. The van der Waals surface area contributed by atoms with Crippen molar-refractivity contribution < 1.29 is 39.7 Å². The number of hydrogen-bond acceptors (Lipinski definition) is 11. The molecular formula is C26H24N4O9. The molecule has 0 unspecified atom stereocenters. The van der Waals surface area contributed by atoms with Gasteiger partial charge in [-0.3, -0.25) is 34.4 Å². The number of nitrogens with two attached hydrogens (primary N) is 1. The van der Waals surface area contributed by atoms with Gasteiger partial charge < -0.3 is 26.2 Å². The number of carbonyl (C=O) groups is 3. The fourth-order valence-corrected chi connectivity index (χ4v) is 6.19. The molecule has 4 atom stereocenters. The number of primary amides is 1. The lowest BCUT2D eigenvalue weighted by molar-refractivity contribution is -0.385. The van der Waals surface area contributed by atoms with E-state index in [-0.39, 0.29) is 29.5 Å². The lowest BCUT2D eigenvalue weighted by Crippen LogP contribution is -2.65. The summed E-state index contributed by atoms with van der Waals surface area (Å²) in [6.07, 6.45) is 1.34. The molecule has 1 amide bonds. The smallest absolute Gasteiger partial charge is 0.312 e. The number of nitro groups is 1. The van der Waals surface area contributed by atoms with Crippen molar-refractivity contribution in [2.45, 2.75) is 24.5 Å². The minimum atomic E-state index is -2.80. The fraction of sp³-hybridized carbons (Fsp3) is 0.308. The van der Waals surface area contributed by atoms with Gasteiger partial charge in [-0.15, -0.1) is 0 Å². The number of aromatic nitrogens is 1. The molecule has 2 aromatic rings. The number of aliphatic hydroxyl groups excluding tert-OH is 2. The van der Waals surface area contributed by atoms with Crippen molar-refractivity contribution in [3.8, 4) is 17.0 Å². The number of rotatable bonds is 4. The molecule has 0 aliphatic heterocycles. The van der Waals surface area contributed by atoms with Crippen molar-refractivity contribution in [2.75, 3.05) is 14.1 Å². The van der Waals surface area contributed by atoms with Crippen molar-refractivity contribution in [3.05, 3.63) is 68.6 Å². The Bertz CT molecular complexity index is 1550. The molecule has 1 saturated carbocycles. The maximum atomic E-state index is 13.9. The summed E-state index contributed by atoms with van der Waals surface area (Å²) in [5.41, 5.74) is 0.919. The zero-order valence-electron chi connectivity index (χ0n) is 20.8. The number of likely N-dealkylation sites (N-methyl/N-ethyl adjacent to an activating group) is 1. The van der Waals surface area contributed by atoms with Crippen molar-refractivity contribution in [1.82, 2.24) is 9.88 Å². The number of phenolic OH excluding ortho intramolecular Hbond substituents is 1. The average Bonchev–Trinajstić information content (AvgIpc) is 2.86. The van der Waals surface area contributed by atoms with E-state index < -0.39 is 80.0 Å². The largest absolute Gasteiger partial charge is 0.508 e. The first-order valence-electron chi connectivity index (χ1n) is 11.9. The standard InChI is InChI=1S/C26H24N4O9/c1-29(2)19-13-8-10-7-12-11(14-5-3-4-6-28-14)9-15(30(38)39)20(31)17(12)21(32)16(10)23(34)26(13,37)24(35)18(22(19)33)25(27)36/h3-6,9-10,13,19,31-32,35,37H,7-8H2,1-2H3,(H2,27,36)/t10-,13-,19-,26-/m0/s1. The van der Waals surface area contributed by atoms with Crippen LogP contribution in [0.2, 0.25) is 0 Å². The second-order valence-electron chi connectivity index (χ2n) is 10.1. The van der Waals surface area contributed by atoms with Gasteiger partial charge in [0.15, 0.2) is 11.4 Å². The van der Waals surface area contributed by atoms with E-state index in [9.17, 15) is 44.9 Å². The van der Waals surface area contributed by atoms with E-state index in [1.807, 2.05) is 0 Å². The Morgan fingerprint density at radius 3 is 2.49 bits per heavy atom. The third-order valence-corrected chi connectivity index (χ3v) is 7.84. The number of pyridine rings is 1. The van der Waals surface area contributed by atoms with Gasteiger partial charge in [0, 0.05) is 29.3 Å². The Balaban J connectivity index is 1.80. The molecule has 5 rings (SSSR count). The molecule has 202 valence electrons. The molecule has 3 aliphatic rings. The number of ketones is 2. The molecule has 39 heavy (non-hydrogen) atoms. The fourth-order valence-electron chi connectivity index (χ4n) is 6.19. The maximum absolute atomic E-state index is 13.9. The van der Waals surface area contributed by atoms with Gasteiger partial charge >= 0.3 is 5.69 Å². The van der Waals surface area contributed by atoms with Gasteiger partial charge in [-0.2, -0.15) is 0 Å². The minimum absolute atomic E-state index is 0.0218. The number of nitrogens with zero attached hydrogens (tertiary/aromatic N) is 3. The molecule has 0 saturated heterocycles. The second-order valence-corrected chi connectivity index (χ2v) is 10.1. The highest BCUT2D eigenvalue weighted by molar-refractivity contribution is 6.24. The number of phenols is 1. The van der Waals surface area contributed by atoms with E-state index in [4.69, 9.17) is 5.73 Å². The molecular weight excluding hydrogens is 512 g/mol. The summed E-state index contributed by atoms with van der Waals surface area (Å²) in [6.45, 7) is 0. The van der Waals surface area contributed by atoms with E-state index in [2.05, 4.69) is 4.98 Å². The number of aliphatic hydroxyl groups is 3. The van der Waals surface area contributed by atoms with E-state index in [1.54, 1.807) is 18.2 Å². The number of nitro benzene ring substituents is 1. The quantitative estimate of drug-likeness (QED) is 0.210. The molecule has 1 heterocycles. The van der Waals surface area contributed by atoms with Crippen LogP contribution in [-0.4, -0.2) is 78.4 Å². The highest BCUT2D eigenvalue weighted by atomic mass is 16.6. The molecule has 0 spiro atoms. The normalized spacial score (nSPS) is 26.3. The van der Waals surface area contributed by atoms with Crippen molar-refractivity contribution in [3.63, 3.8) is 0 Å². The first-order valence-corrected chi connectivity index (χ1v) is 11.9. The zero-order chi connectivity index (χ0) is 28.5. The van der Waals surface area contributed by atoms with Crippen molar-refractivity contribution in [1.29, 1.82) is 0 Å². The Kier molecular flexibility index (Phi) is 5.81. The topological polar surface area (TPSA) is 217 Å². The van der Waals surface area contributed by atoms with Crippen LogP contribution in [0.3, 0.4) is 0 Å². The van der Waals surface area contributed by atoms with E-state index in [1.165, 1.54) is 25.2 Å². The average molecular weight is 536 g/mol. The van der Waals surface area contributed by atoms with Gasteiger partial charge in [0.25, 0.3) is 5.91 Å². The first-order chi connectivity index (χ1) is 18.3. The summed E-state index contributed by atoms with van der Waals surface area (Å²) in [5.74, 6) is -8.37. The summed E-state index contributed by atoms with van der Waals surface area (Å²) < 4.78 is 0. The second kappa shape index (κ2) is 8.71. The molecule has 6 N–H and O–H groups in total. The molecule has 0 bridgehead atoms. The Hall–Kier alpha value is -4.62. The van der Waals surface area contributed by atoms with Crippen LogP contribution in [0.4, 0.5) is 5.69 Å². The number of Topliss-reactive ketones (excluding diaryl/α,β-unsaturated/α-hetero) is 2. The molecule has 1 fully saturated rings. The molecule has 0 radical (unpaired) electrons. The van der Waals surface area contributed by atoms with Crippen molar-refractivity contribution in [2.24, 2.45) is 17.6 Å². The Morgan fingerprint density at radius 1 is 1.23 bits per heavy atom. The number of carbonyl (C=O) groups excluding carboxylic acids is 3. The van der Waals surface area contributed by atoms with Gasteiger partial charge in [0.2, 0.25) is 11.5 Å². The lowest BCUT2D eigenvalue weighted by Gasteiger charge is -2.50. The molecule has 1 aromatic heterocycles. The van der Waals surface area contributed by atoms with Gasteiger partial charge in [-0.1, -0.05) is 6.07 Å². The predicted molar refractivity (Wildman–Crippen MR) is 134 cm³/mol. The van der Waals surface area contributed by atoms with Gasteiger partial charge in [0.05, 0.1) is 22.2 Å². The number of hydrogen-bond donors (Lipinski definition) is 5. The van der Waals surface area contributed by atoms with Gasteiger partial charge in [-0.05, 0) is 50.6 Å². The number of fused-ring (bicyclic) bond motifs is 3. The highest BCUT2D eigenvalue weighted by Crippen LogP contribution is 2.54. The van der Waals surface area contributed by atoms with Crippen LogP contribution in [0.15, 0.2) is 47.4 Å². The van der Waals surface area contributed by atoms with Crippen LogP contribution < -0.4 is 5.73 Å². The minimum Gasteiger partial charge on any atom is -0.508 e. The summed E-state index contributed by atoms with van der Waals surface area (Å²) in [4.78, 5) is 55.7. The van der Waals surface area contributed by atoms with Crippen LogP contribution in [0, 0.1) is 22.0 Å². The molecule has 13 heteroatoms. The number of benzene rings is 1. The Morgan fingerprint density at radius 2 is 1.92 bits per heavy atom. The summed E-state index contributed by atoms with van der Waals surface area (Å²) in [6, 6.07) is 4.80. The third kappa shape index (κ3) is 3.47. The van der Waals surface area contributed by atoms with Gasteiger partial charge in [-0.25, -0.2) is 0 Å². The van der Waals surface area contributed by atoms with Crippen LogP contribution >= 0.6 is 0 Å². The van der Waals surface area contributed by atoms with Crippen LogP contribution in [0.5, 0.6) is 5.75 Å². The predicted octanol–water partition coefficient (Wildman–Crippen LogP) is 0.934. The maximum Gasteiger partial charge on any atom is 0.312 e. The molecule has 3 aliphatic carbocycles. The zero-order valence-corrected chi connectivity index (χ0v) is 20.8. The number of amides is 1. The SMILES string of the molecule is CN(C)[C@@H]1C(=O)C(C(N)=O)=C(O)[C@@]2(O)C(=O)C3=C(O)c4c(O)c([N+](=O)[O-])cc(-c5ccccn5)c4C[C@H]3C[C@@H]12. The van der Waals surface area contributed by atoms with E-state index >= 15 is 0 Å². The van der Waals surface area contributed by atoms with E-state index in [0.717, 1.165) is 6.07 Å². The van der Waals surface area contributed by atoms with Gasteiger partial charge in [0.1, 0.15) is 17.1 Å². The third-order valence-electron chi connectivity index (χ3n) is 7.84. The first kappa shape index (κ1) is 26.0. The summed E-state index contributed by atoms with van der Waals surface area (Å²) in [5, 5.41) is 56.5.